The smallest absolute Gasteiger partial charge is 0.0795 e. The number of rotatable bonds is 6. The van der Waals surface area contributed by atoms with Crippen molar-refractivity contribution in [3.8, 4) is 0 Å². The Balaban J connectivity index is 2.43. The Bertz CT molecular complexity index is 270. The van der Waals surface area contributed by atoms with E-state index in [9.17, 15) is 5.11 Å². The molecule has 0 fully saturated rings. The number of nitrogens with one attached hydrogen (secondary N) is 1. The van der Waals surface area contributed by atoms with Gasteiger partial charge in [-0.15, -0.1) is 11.3 Å². The zero-order valence-corrected chi connectivity index (χ0v) is 10.5. The Hall–Kier alpha value is -0.450. The van der Waals surface area contributed by atoms with Crippen molar-refractivity contribution in [3.05, 3.63) is 16.6 Å². The minimum Gasteiger partial charge on any atom is -0.389 e. The van der Waals surface area contributed by atoms with Gasteiger partial charge in [0.2, 0.25) is 0 Å². The molecule has 1 unspecified atom stereocenters. The van der Waals surface area contributed by atoms with Gasteiger partial charge in [-0.2, -0.15) is 0 Å². The zero-order chi connectivity index (χ0) is 11.3. The number of aliphatic hydroxyl groups is 1. The molecular formula is C11H20N2OS. The molecular weight excluding hydrogens is 208 g/mol. The predicted octanol–water partition coefficient (Wildman–Crippen LogP) is 2.34. The van der Waals surface area contributed by atoms with Gasteiger partial charge in [-0.3, -0.25) is 0 Å². The van der Waals surface area contributed by atoms with Crippen LogP contribution in [-0.4, -0.2) is 22.2 Å². The molecule has 0 aromatic carbocycles. The Kier molecular flexibility index (Phi) is 4.70. The molecule has 0 bridgehead atoms. The fourth-order valence-electron chi connectivity index (χ4n) is 1.38. The third-order valence-electron chi connectivity index (χ3n) is 2.95. The average Bonchev–Trinajstić information content (AvgIpc) is 2.79. The Morgan fingerprint density at radius 2 is 2.20 bits per heavy atom. The van der Waals surface area contributed by atoms with Gasteiger partial charge in [0.15, 0.2) is 0 Å². The van der Waals surface area contributed by atoms with Crippen molar-refractivity contribution in [1.29, 1.82) is 0 Å². The first-order valence-corrected chi connectivity index (χ1v) is 6.39. The standard InChI is InChI=1S/C11H20N2OS/c1-4-11(14,5-2)7-12-9(3)10-6-15-8-13-10/h6,8-9,12,14H,4-5,7H2,1-3H3. The fraction of sp³-hybridized carbons (Fsp3) is 0.727. The molecule has 1 heterocycles. The van der Waals surface area contributed by atoms with E-state index >= 15 is 0 Å². The lowest BCUT2D eigenvalue weighted by atomic mass is 9.97. The zero-order valence-electron chi connectivity index (χ0n) is 9.66. The summed E-state index contributed by atoms with van der Waals surface area (Å²) < 4.78 is 0. The second-order valence-electron chi connectivity index (χ2n) is 3.95. The van der Waals surface area contributed by atoms with Gasteiger partial charge in [0, 0.05) is 18.0 Å². The highest BCUT2D eigenvalue weighted by Crippen LogP contribution is 2.16. The summed E-state index contributed by atoms with van der Waals surface area (Å²) >= 11 is 1.60. The van der Waals surface area contributed by atoms with E-state index in [1.165, 1.54) is 0 Å². The molecule has 0 aliphatic heterocycles. The molecule has 0 saturated carbocycles. The minimum atomic E-state index is -0.579. The van der Waals surface area contributed by atoms with Gasteiger partial charge < -0.3 is 10.4 Å². The molecule has 0 spiro atoms. The highest BCUT2D eigenvalue weighted by atomic mass is 32.1. The van der Waals surface area contributed by atoms with E-state index in [4.69, 9.17) is 0 Å². The Morgan fingerprint density at radius 3 is 2.67 bits per heavy atom. The van der Waals surface area contributed by atoms with Crippen molar-refractivity contribution in [2.45, 2.75) is 45.3 Å². The van der Waals surface area contributed by atoms with Gasteiger partial charge in [-0.1, -0.05) is 13.8 Å². The molecule has 1 aromatic rings. The third kappa shape index (κ3) is 3.55. The second-order valence-corrected chi connectivity index (χ2v) is 4.67. The molecule has 0 aliphatic carbocycles. The molecule has 3 nitrogen and oxygen atoms in total. The molecule has 2 N–H and O–H groups in total. The van der Waals surface area contributed by atoms with Crippen LogP contribution in [-0.2, 0) is 0 Å². The van der Waals surface area contributed by atoms with Crippen molar-refractivity contribution < 1.29 is 5.11 Å². The quantitative estimate of drug-likeness (QED) is 0.785. The van der Waals surface area contributed by atoms with Crippen molar-refractivity contribution in [1.82, 2.24) is 10.3 Å². The topological polar surface area (TPSA) is 45.1 Å². The van der Waals surface area contributed by atoms with Crippen molar-refractivity contribution in [2.75, 3.05) is 6.54 Å². The molecule has 1 atom stereocenters. The van der Waals surface area contributed by atoms with Crippen molar-refractivity contribution in [2.24, 2.45) is 0 Å². The van der Waals surface area contributed by atoms with Crippen molar-refractivity contribution in [3.63, 3.8) is 0 Å². The van der Waals surface area contributed by atoms with Crippen LogP contribution in [0.15, 0.2) is 10.9 Å². The van der Waals surface area contributed by atoms with E-state index in [0.29, 0.717) is 6.54 Å². The highest BCUT2D eigenvalue weighted by molar-refractivity contribution is 7.07. The van der Waals surface area contributed by atoms with E-state index in [1.807, 2.05) is 24.7 Å². The molecule has 0 aliphatic rings. The fourth-order valence-corrected chi connectivity index (χ4v) is 2.03. The van der Waals surface area contributed by atoms with E-state index in [2.05, 4.69) is 17.2 Å². The summed E-state index contributed by atoms with van der Waals surface area (Å²) in [6.45, 7) is 6.72. The summed E-state index contributed by atoms with van der Waals surface area (Å²) in [4.78, 5) is 4.24. The first kappa shape index (κ1) is 12.6. The Morgan fingerprint density at radius 1 is 1.53 bits per heavy atom. The summed E-state index contributed by atoms with van der Waals surface area (Å²) in [5.74, 6) is 0. The number of hydrogen-bond acceptors (Lipinski definition) is 4. The highest BCUT2D eigenvalue weighted by Gasteiger charge is 2.22. The average molecular weight is 228 g/mol. The Labute approximate surface area is 95.6 Å². The monoisotopic (exact) mass is 228 g/mol. The molecule has 86 valence electrons. The maximum atomic E-state index is 10.1. The van der Waals surface area contributed by atoms with E-state index in [-0.39, 0.29) is 6.04 Å². The number of nitrogens with zero attached hydrogens (tertiary/aromatic N) is 1. The van der Waals surface area contributed by atoms with Gasteiger partial charge in [-0.25, -0.2) is 4.98 Å². The first-order valence-electron chi connectivity index (χ1n) is 5.45. The number of aromatic nitrogens is 1. The third-order valence-corrected chi connectivity index (χ3v) is 3.55. The maximum absolute atomic E-state index is 10.1. The van der Waals surface area contributed by atoms with Crippen LogP contribution in [0.25, 0.3) is 0 Å². The van der Waals surface area contributed by atoms with Crippen LogP contribution < -0.4 is 5.32 Å². The van der Waals surface area contributed by atoms with E-state index in [1.54, 1.807) is 11.3 Å². The van der Waals surface area contributed by atoms with Crippen LogP contribution in [0, 0.1) is 0 Å². The van der Waals surface area contributed by atoms with Gasteiger partial charge >= 0.3 is 0 Å². The summed E-state index contributed by atoms with van der Waals surface area (Å²) in [5.41, 5.74) is 2.30. The first-order chi connectivity index (χ1) is 7.11. The summed E-state index contributed by atoms with van der Waals surface area (Å²) in [6.07, 6.45) is 1.56. The SMILES string of the molecule is CCC(O)(CC)CNC(C)c1cscn1. The summed E-state index contributed by atoms with van der Waals surface area (Å²) in [7, 11) is 0. The van der Waals surface area contributed by atoms with Crippen LogP contribution in [0.4, 0.5) is 0 Å². The van der Waals surface area contributed by atoms with E-state index < -0.39 is 5.60 Å². The van der Waals surface area contributed by atoms with Crippen LogP contribution >= 0.6 is 11.3 Å². The normalized spacial score (nSPS) is 14.1. The molecule has 15 heavy (non-hydrogen) atoms. The lowest BCUT2D eigenvalue weighted by Crippen LogP contribution is -2.40. The van der Waals surface area contributed by atoms with Crippen LogP contribution in [0.5, 0.6) is 0 Å². The lowest BCUT2D eigenvalue weighted by Gasteiger charge is -2.27. The lowest BCUT2D eigenvalue weighted by molar-refractivity contribution is 0.0302. The number of thiazole rings is 1. The molecule has 4 heteroatoms. The second kappa shape index (κ2) is 5.58. The summed E-state index contributed by atoms with van der Waals surface area (Å²) in [5, 5.41) is 15.5. The predicted molar refractivity (Wildman–Crippen MR) is 64.1 cm³/mol. The summed E-state index contributed by atoms with van der Waals surface area (Å²) in [6, 6.07) is 0.209. The van der Waals surface area contributed by atoms with Crippen LogP contribution in [0.2, 0.25) is 0 Å². The molecule has 0 amide bonds. The van der Waals surface area contributed by atoms with Crippen molar-refractivity contribution >= 4 is 11.3 Å². The van der Waals surface area contributed by atoms with E-state index in [0.717, 1.165) is 18.5 Å². The molecule has 1 aromatic heterocycles. The van der Waals surface area contributed by atoms with Crippen LogP contribution in [0.3, 0.4) is 0 Å². The van der Waals surface area contributed by atoms with Gasteiger partial charge in [0.25, 0.3) is 0 Å². The van der Waals surface area contributed by atoms with Crippen LogP contribution in [0.1, 0.15) is 45.3 Å². The number of hydrogen-bond donors (Lipinski definition) is 2. The van der Waals surface area contributed by atoms with Gasteiger partial charge in [0.1, 0.15) is 0 Å². The maximum Gasteiger partial charge on any atom is 0.0795 e. The minimum absolute atomic E-state index is 0.209. The van der Waals surface area contributed by atoms with Gasteiger partial charge in [-0.05, 0) is 19.8 Å². The largest absolute Gasteiger partial charge is 0.389 e. The van der Waals surface area contributed by atoms with Gasteiger partial charge in [0.05, 0.1) is 16.8 Å². The molecule has 0 saturated heterocycles. The molecule has 0 radical (unpaired) electrons. The molecule has 1 rings (SSSR count).